The van der Waals surface area contributed by atoms with Crippen LogP contribution in [0, 0.1) is 5.41 Å². The van der Waals surface area contributed by atoms with Crippen LogP contribution in [-0.4, -0.2) is 99.1 Å². The van der Waals surface area contributed by atoms with Crippen LogP contribution in [0.1, 0.15) is 26.2 Å². The van der Waals surface area contributed by atoms with E-state index in [1.165, 1.54) is 24.9 Å². The molecular formula is C23H35N5O3. The Morgan fingerprint density at radius 3 is 2.68 bits per heavy atom. The number of likely N-dealkylation sites (tertiary alicyclic amines) is 1. The summed E-state index contributed by atoms with van der Waals surface area (Å²) in [5, 5.41) is 0. The molecule has 0 unspecified atom stereocenters. The lowest BCUT2D eigenvalue weighted by atomic mass is 9.78. The number of carbonyl (C=O) groups is 1. The molecule has 1 saturated carbocycles. The second-order valence-electron chi connectivity index (χ2n) is 9.42. The van der Waals surface area contributed by atoms with E-state index in [1.807, 2.05) is 24.1 Å². The highest BCUT2D eigenvalue weighted by molar-refractivity contribution is 5.69. The average molecular weight is 430 g/mol. The van der Waals surface area contributed by atoms with Gasteiger partial charge >= 0.3 is 6.09 Å². The number of rotatable bonds is 4. The maximum Gasteiger partial charge on any atom is 0.409 e. The molecule has 1 spiro atoms. The highest BCUT2D eigenvalue weighted by Crippen LogP contribution is 2.47. The molecule has 31 heavy (non-hydrogen) atoms. The Labute approximate surface area is 185 Å². The Hall–Kier alpha value is -2.06. The van der Waals surface area contributed by atoms with E-state index in [4.69, 9.17) is 14.5 Å². The number of anilines is 2. The Morgan fingerprint density at radius 1 is 1.16 bits per heavy atom. The van der Waals surface area contributed by atoms with E-state index in [0.717, 1.165) is 71.4 Å². The van der Waals surface area contributed by atoms with E-state index in [2.05, 4.69) is 20.8 Å². The van der Waals surface area contributed by atoms with Crippen LogP contribution in [0.4, 0.5) is 16.3 Å². The fourth-order valence-electron chi connectivity index (χ4n) is 5.87. The molecule has 5 rings (SSSR count). The zero-order valence-corrected chi connectivity index (χ0v) is 18.7. The van der Waals surface area contributed by atoms with Gasteiger partial charge in [-0.3, -0.25) is 4.90 Å². The minimum Gasteiger partial charge on any atom is -0.450 e. The molecule has 0 aromatic carbocycles. The maximum absolute atomic E-state index is 11.9. The van der Waals surface area contributed by atoms with Crippen molar-refractivity contribution in [3.05, 3.63) is 18.3 Å². The number of nitrogens with zero attached hydrogens (tertiary/aromatic N) is 5. The molecule has 0 N–H and O–H groups in total. The number of morpholine rings is 1. The first-order valence-corrected chi connectivity index (χ1v) is 11.9. The summed E-state index contributed by atoms with van der Waals surface area (Å²) in [6, 6.07) is 4.89. The topological polar surface area (TPSA) is 61.4 Å². The lowest BCUT2D eigenvalue weighted by Crippen LogP contribution is -2.58. The van der Waals surface area contributed by atoms with Crippen LogP contribution in [0.25, 0.3) is 0 Å². The summed E-state index contributed by atoms with van der Waals surface area (Å²) in [5.74, 6) is 1.12. The monoisotopic (exact) mass is 429 g/mol. The summed E-state index contributed by atoms with van der Waals surface area (Å²) in [5.41, 5.74) is 1.58. The van der Waals surface area contributed by atoms with Crippen LogP contribution >= 0.6 is 0 Å². The van der Waals surface area contributed by atoms with Crippen molar-refractivity contribution >= 4 is 17.6 Å². The molecule has 3 aliphatic heterocycles. The number of ether oxygens (including phenoxy) is 2. The van der Waals surface area contributed by atoms with Gasteiger partial charge in [0.05, 0.1) is 25.5 Å². The zero-order chi connectivity index (χ0) is 21.3. The minimum absolute atomic E-state index is 0.142. The summed E-state index contributed by atoms with van der Waals surface area (Å²) in [7, 11) is 0. The van der Waals surface area contributed by atoms with Gasteiger partial charge in [-0.15, -0.1) is 0 Å². The van der Waals surface area contributed by atoms with Crippen molar-refractivity contribution in [1.82, 2.24) is 14.8 Å². The largest absolute Gasteiger partial charge is 0.450 e. The minimum atomic E-state index is -0.142. The van der Waals surface area contributed by atoms with E-state index in [9.17, 15) is 4.79 Å². The van der Waals surface area contributed by atoms with Gasteiger partial charge < -0.3 is 24.2 Å². The van der Waals surface area contributed by atoms with E-state index in [1.54, 1.807) is 0 Å². The van der Waals surface area contributed by atoms with Gasteiger partial charge in [-0.05, 0) is 38.3 Å². The molecule has 8 heteroatoms. The molecule has 8 nitrogen and oxygen atoms in total. The Balaban J connectivity index is 1.15. The molecule has 1 aliphatic carbocycles. The third kappa shape index (κ3) is 4.20. The van der Waals surface area contributed by atoms with E-state index >= 15 is 0 Å². The van der Waals surface area contributed by atoms with Crippen LogP contribution in [0.5, 0.6) is 0 Å². The first-order valence-electron chi connectivity index (χ1n) is 11.9. The second-order valence-corrected chi connectivity index (χ2v) is 9.42. The first kappa shape index (κ1) is 20.8. The third-order valence-electron chi connectivity index (χ3n) is 7.50. The molecule has 1 aromatic rings. The van der Waals surface area contributed by atoms with E-state index in [-0.39, 0.29) is 6.09 Å². The lowest BCUT2D eigenvalue weighted by Gasteiger charge is -2.48. The van der Waals surface area contributed by atoms with Crippen molar-refractivity contribution in [3.63, 3.8) is 0 Å². The fraction of sp³-hybridized carbons (Fsp3) is 0.739. The summed E-state index contributed by atoms with van der Waals surface area (Å²) in [6.07, 6.45) is 5.47. The van der Waals surface area contributed by atoms with Gasteiger partial charge in [0.2, 0.25) is 0 Å². The van der Waals surface area contributed by atoms with Gasteiger partial charge in [-0.1, -0.05) is 0 Å². The van der Waals surface area contributed by atoms with Crippen molar-refractivity contribution in [2.24, 2.45) is 5.41 Å². The Morgan fingerprint density at radius 2 is 1.94 bits per heavy atom. The fourth-order valence-corrected chi connectivity index (χ4v) is 5.87. The van der Waals surface area contributed by atoms with Crippen LogP contribution in [-0.2, 0) is 9.47 Å². The zero-order valence-electron chi connectivity index (χ0n) is 18.7. The average Bonchev–Trinajstić information content (AvgIpc) is 3.25. The number of pyridine rings is 1. The molecule has 4 fully saturated rings. The van der Waals surface area contributed by atoms with Gasteiger partial charge in [0.1, 0.15) is 0 Å². The molecule has 1 atom stereocenters. The SMILES string of the molecule is CCOC(=O)N1CC2(CC[C@@H](N3CCN(c4ncccc4N4CCOCC4)CC3)C2)C1. The smallest absolute Gasteiger partial charge is 0.409 e. The molecule has 1 amide bonds. The van der Waals surface area contributed by atoms with E-state index in [0.29, 0.717) is 18.1 Å². The number of hydrogen-bond acceptors (Lipinski definition) is 7. The molecule has 4 aliphatic rings. The molecule has 0 bridgehead atoms. The summed E-state index contributed by atoms with van der Waals surface area (Å²) in [4.78, 5) is 26.1. The lowest BCUT2D eigenvalue weighted by molar-refractivity contribution is -0.00294. The van der Waals surface area contributed by atoms with Crippen LogP contribution in [0.2, 0.25) is 0 Å². The quantitative estimate of drug-likeness (QED) is 0.726. The van der Waals surface area contributed by atoms with Crippen LogP contribution in [0.3, 0.4) is 0 Å². The second kappa shape index (κ2) is 8.82. The Kier molecular flexibility index (Phi) is 5.93. The molecule has 1 aromatic heterocycles. The number of piperazine rings is 1. The molecule has 4 heterocycles. The highest BCUT2D eigenvalue weighted by atomic mass is 16.6. The number of aromatic nitrogens is 1. The molecule has 3 saturated heterocycles. The summed E-state index contributed by atoms with van der Waals surface area (Å²) < 4.78 is 10.7. The molecular weight excluding hydrogens is 394 g/mol. The highest BCUT2D eigenvalue weighted by Gasteiger charge is 2.51. The van der Waals surface area contributed by atoms with Gasteiger partial charge in [0.15, 0.2) is 5.82 Å². The normalized spacial score (nSPS) is 26.2. The predicted octanol–water partition coefficient (Wildman–Crippen LogP) is 2.05. The van der Waals surface area contributed by atoms with Crippen molar-refractivity contribution in [3.8, 4) is 0 Å². The maximum atomic E-state index is 11.9. The summed E-state index contributed by atoms with van der Waals surface area (Å²) in [6.45, 7) is 11.7. The van der Waals surface area contributed by atoms with Gasteiger partial charge in [-0.2, -0.15) is 0 Å². The van der Waals surface area contributed by atoms with E-state index < -0.39 is 0 Å². The standard InChI is InChI=1S/C23H35N5O3/c1-2-31-22(29)28-17-23(18-28)6-5-19(16-23)25-8-10-27(11-9-25)21-20(4-3-7-24-21)26-12-14-30-15-13-26/h3-4,7,19H,2,5-6,8-18H2,1H3/t19-/m1/s1. The Bertz CT molecular complexity index is 770. The van der Waals surface area contributed by atoms with Crippen molar-refractivity contribution in [2.45, 2.75) is 32.2 Å². The predicted molar refractivity (Wildman–Crippen MR) is 120 cm³/mol. The van der Waals surface area contributed by atoms with Gasteiger partial charge in [-0.25, -0.2) is 9.78 Å². The molecule has 0 radical (unpaired) electrons. The molecule has 170 valence electrons. The summed E-state index contributed by atoms with van der Waals surface area (Å²) >= 11 is 0. The van der Waals surface area contributed by atoms with Gasteiger partial charge in [0, 0.05) is 70.0 Å². The van der Waals surface area contributed by atoms with Gasteiger partial charge in [0.25, 0.3) is 0 Å². The number of carbonyl (C=O) groups excluding carboxylic acids is 1. The van der Waals surface area contributed by atoms with Crippen molar-refractivity contribution in [2.75, 3.05) is 82.0 Å². The number of hydrogen-bond donors (Lipinski definition) is 0. The van der Waals surface area contributed by atoms with Crippen molar-refractivity contribution in [1.29, 1.82) is 0 Å². The van der Waals surface area contributed by atoms with Crippen LogP contribution in [0.15, 0.2) is 18.3 Å². The van der Waals surface area contributed by atoms with Crippen molar-refractivity contribution < 1.29 is 14.3 Å². The third-order valence-corrected chi connectivity index (χ3v) is 7.50. The van der Waals surface area contributed by atoms with Crippen LogP contribution < -0.4 is 9.80 Å². The first-order chi connectivity index (χ1) is 15.2. The number of amides is 1.